The minimum Gasteiger partial charge on any atom is -0.480 e. The molecule has 0 saturated heterocycles. The van der Waals surface area contributed by atoms with Crippen LogP contribution in [0.15, 0.2) is 6.20 Å². The van der Waals surface area contributed by atoms with Crippen molar-refractivity contribution in [3.05, 3.63) is 11.1 Å². The van der Waals surface area contributed by atoms with Gasteiger partial charge in [-0.15, -0.1) is 0 Å². The number of nitrogens with zero attached hydrogens (tertiary/aromatic N) is 1. The van der Waals surface area contributed by atoms with Gasteiger partial charge in [0.1, 0.15) is 10.9 Å². The number of rotatable bonds is 5. The van der Waals surface area contributed by atoms with Crippen molar-refractivity contribution in [3.63, 3.8) is 0 Å². The van der Waals surface area contributed by atoms with Crippen molar-refractivity contribution in [2.45, 2.75) is 32.0 Å². The number of carboxylic acids is 1. The first-order valence-electron chi connectivity index (χ1n) is 4.87. The van der Waals surface area contributed by atoms with Gasteiger partial charge in [-0.3, -0.25) is 0 Å². The minimum atomic E-state index is -4.44. The smallest absolute Gasteiger partial charge is 0.427 e. The van der Waals surface area contributed by atoms with Crippen LogP contribution in [0.1, 0.15) is 24.6 Å². The molecule has 1 atom stereocenters. The van der Waals surface area contributed by atoms with E-state index in [9.17, 15) is 18.0 Å². The molecule has 1 aromatic rings. The normalized spacial score (nSPS) is 13.4. The fourth-order valence-corrected chi connectivity index (χ4v) is 1.90. The Morgan fingerprint density at radius 3 is 2.71 bits per heavy atom. The van der Waals surface area contributed by atoms with Gasteiger partial charge in [-0.05, 0) is 6.42 Å². The second-order valence-corrected chi connectivity index (χ2v) is 4.38. The average Bonchev–Trinajstić information content (AvgIpc) is 2.64. The van der Waals surface area contributed by atoms with E-state index in [1.807, 2.05) is 0 Å². The van der Waals surface area contributed by atoms with E-state index in [-0.39, 0.29) is 5.13 Å². The predicted molar refractivity (Wildman–Crippen MR) is 57.1 cm³/mol. The van der Waals surface area contributed by atoms with Crippen LogP contribution in [-0.4, -0.2) is 22.1 Å². The van der Waals surface area contributed by atoms with Gasteiger partial charge >= 0.3 is 12.1 Å². The summed E-state index contributed by atoms with van der Waals surface area (Å²) in [5.74, 6) is -1.10. The van der Waals surface area contributed by atoms with Crippen molar-refractivity contribution >= 4 is 22.4 Å². The number of halogens is 3. The number of thiazole rings is 1. The van der Waals surface area contributed by atoms with Crippen LogP contribution in [0.3, 0.4) is 0 Å². The number of nitrogens with one attached hydrogen (secondary N) is 1. The molecule has 0 aliphatic rings. The quantitative estimate of drug-likeness (QED) is 0.862. The lowest BCUT2D eigenvalue weighted by atomic mass is 10.2. The second kappa shape index (κ2) is 5.35. The van der Waals surface area contributed by atoms with E-state index in [4.69, 9.17) is 5.11 Å². The highest BCUT2D eigenvalue weighted by molar-refractivity contribution is 7.15. The molecule has 4 nitrogen and oxygen atoms in total. The number of anilines is 1. The molecule has 1 rings (SSSR count). The summed E-state index contributed by atoms with van der Waals surface area (Å²) >= 11 is 0.401. The summed E-state index contributed by atoms with van der Waals surface area (Å²) in [5, 5.41) is 11.3. The van der Waals surface area contributed by atoms with E-state index in [1.54, 1.807) is 6.92 Å². The Bertz CT molecular complexity index is 392. The highest BCUT2D eigenvalue weighted by Crippen LogP contribution is 2.35. The van der Waals surface area contributed by atoms with Gasteiger partial charge in [-0.1, -0.05) is 24.7 Å². The van der Waals surface area contributed by atoms with Crippen molar-refractivity contribution in [1.82, 2.24) is 4.98 Å². The molecule has 0 spiro atoms. The van der Waals surface area contributed by atoms with Gasteiger partial charge < -0.3 is 10.4 Å². The van der Waals surface area contributed by atoms with E-state index < -0.39 is 23.1 Å². The van der Waals surface area contributed by atoms with E-state index in [1.165, 1.54) is 0 Å². The SMILES string of the molecule is CCCC(Nc1ncc(C(F)(F)F)s1)C(=O)O. The molecule has 0 bridgehead atoms. The summed E-state index contributed by atoms with van der Waals surface area (Å²) < 4.78 is 36.8. The Morgan fingerprint density at radius 2 is 2.29 bits per heavy atom. The molecule has 1 unspecified atom stereocenters. The first kappa shape index (κ1) is 13.8. The van der Waals surface area contributed by atoms with Gasteiger partial charge in [0.05, 0.1) is 6.20 Å². The lowest BCUT2D eigenvalue weighted by Crippen LogP contribution is -2.28. The van der Waals surface area contributed by atoms with Crippen LogP contribution in [0.25, 0.3) is 0 Å². The molecule has 0 fully saturated rings. The number of alkyl halides is 3. The number of carboxylic acid groups (broad SMARTS) is 1. The molecule has 1 aromatic heterocycles. The third-order valence-corrected chi connectivity index (χ3v) is 2.93. The van der Waals surface area contributed by atoms with E-state index >= 15 is 0 Å². The van der Waals surface area contributed by atoms with E-state index in [2.05, 4.69) is 10.3 Å². The molecule has 0 aliphatic carbocycles. The number of aliphatic carboxylic acids is 1. The zero-order valence-corrected chi connectivity index (χ0v) is 9.73. The molecule has 0 saturated carbocycles. The summed E-state index contributed by atoms with van der Waals surface area (Å²) in [6, 6.07) is -0.910. The lowest BCUT2D eigenvalue weighted by molar-refractivity contribution is -0.138. The highest BCUT2D eigenvalue weighted by Gasteiger charge is 2.33. The van der Waals surface area contributed by atoms with E-state index in [0.29, 0.717) is 30.4 Å². The number of hydrogen-bond donors (Lipinski definition) is 2. The monoisotopic (exact) mass is 268 g/mol. The molecule has 17 heavy (non-hydrogen) atoms. The summed E-state index contributed by atoms with van der Waals surface area (Å²) in [6.07, 6.45) is -2.81. The third-order valence-electron chi connectivity index (χ3n) is 1.96. The number of hydrogen-bond acceptors (Lipinski definition) is 4. The Hall–Kier alpha value is -1.31. The second-order valence-electron chi connectivity index (χ2n) is 3.35. The van der Waals surface area contributed by atoms with Crippen LogP contribution in [0, 0.1) is 0 Å². The molecular weight excluding hydrogens is 257 g/mol. The third kappa shape index (κ3) is 3.88. The molecule has 2 N–H and O–H groups in total. The molecular formula is C9H11F3N2O2S. The van der Waals surface area contributed by atoms with Gasteiger partial charge in [0.2, 0.25) is 0 Å². The maximum atomic E-state index is 12.3. The molecule has 8 heteroatoms. The van der Waals surface area contributed by atoms with Crippen LogP contribution in [0.5, 0.6) is 0 Å². The lowest BCUT2D eigenvalue weighted by Gasteiger charge is -2.11. The molecule has 96 valence electrons. The van der Waals surface area contributed by atoms with Crippen LogP contribution in [0.2, 0.25) is 0 Å². The molecule has 0 radical (unpaired) electrons. The fraction of sp³-hybridized carbons (Fsp3) is 0.556. The van der Waals surface area contributed by atoms with Crippen molar-refractivity contribution in [2.75, 3.05) is 5.32 Å². The Balaban J connectivity index is 2.74. The maximum absolute atomic E-state index is 12.3. The zero-order valence-electron chi connectivity index (χ0n) is 8.91. The molecule has 1 heterocycles. The first-order valence-corrected chi connectivity index (χ1v) is 5.68. The van der Waals surface area contributed by atoms with Gasteiger partial charge in [0.25, 0.3) is 0 Å². The Labute approximate surface area is 99.5 Å². The summed E-state index contributed by atoms with van der Waals surface area (Å²) in [6.45, 7) is 1.79. The zero-order chi connectivity index (χ0) is 13.1. The Kier molecular flexibility index (Phi) is 4.33. The Morgan fingerprint density at radius 1 is 1.65 bits per heavy atom. The summed E-state index contributed by atoms with van der Waals surface area (Å²) in [4.78, 5) is 13.5. The van der Waals surface area contributed by atoms with E-state index in [0.717, 1.165) is 0 Å². The van der Waals surface area contributed by atoms with Crippen molar-refractivity contribution in [1.29, 1.82) is 0 Å². The minimum absolute atomic E-state index is 0.0295. The van der Waals surface area contributed by atoms with Gasteiger partial charge in [0.15, 0.2) is 5.13 Å². The van der Waals surface area contributed by atoms with Gasteiger partial charge in [-0.25, -0.2) is 9.78 Å². The topological polar surface area (TPSA) is 62.2 Å². The summed E-state index contributed by atoms with van der Waals surface area (Å²) in [7, 11) is 0. The van der Waals surface area contributed by atoms with Crippen LogP contribution in [-0.2, 0) is 11.0 Å². The van der Waals surface area contributed by atoms with Crippen molar-refractivity contribution in [3.8, 4) is 0 Å². The van der Waals surface area contributed by atoms with Crippen LogP contribution < -0.4 is 5.32 Å². The van der Waals surface area contributed by atoms with Gasteiger partial charge in [-0.2, -0.15) is 13.2 Å². The molecule has 0 aromatic carbocycles. The largest absolute Gasteiger partial charge is 0.480 e. The number of carbonyl (C=O) groups is 1. The van der Waals surface area contributed by atoms with Crippen molar-refractivity contribution in [2.24, 2.45) is 0 Å². The molecule has 0 aliphatic heterocycles. The fourth-order valence-electron chi connectivity index (χ4n) is 1.17. The first-order chi connectivity index (χ1) is 7.84. The molecule has 0 amide bonds. The van der Waals surface area contributed by atoms with Crippen molar-refractivity contribution < 1.29 is 23.1 Å². The highest BCUT2D eigenvalue weighted by atomic mass is 32.1. The van der Waals surface area contributed by atoms with Crippen LogP contribution in [0.4, 0.5) is 18.3 Å². The summed E-state index contributed by atoms with van der Waals surface area (Å²) in [5.41, 5.74) is 0. The number of aromatic nitrogens is 1. The van der Waals surface area contributed by atoms with Crippen LogP contribution >= 0.6 is 11.3 Å². The van der Waals surface area contributed by atoms with Gasteiger partial charge in [0, 0.05) is 0 Å². The maximum Gasteiger partial charge on any atom is 0.427 e. The predicted octanol–water partition coefficient (Wildman–Crippen LogP) is 2.83. The average molecular weight is 268 g/mol. The standard InChI is InChI=1S/C9H11F3N2O2S/c1-2-3-5(7(15)16)14-8-13-4-6(17-8)9(10,11)12/h4-5H,2-3H2,1H3,(H,13,14)(H,15,16).